The highest BCUT2D eigenvalue weighted by molar-refractivity contribution is 5.95. The van der Waals surface area contributed by atoms with Gasteiger partial charge in [-0.3, -0.25) is 10.7 Å². The Hall–Kier alpha value is -1.26. The van der Waals surface area contributed by atoms with E-state index in [1.165, 1.54) is 0 Å². The Morgan fingerprint density at radius 3 is 2.17 bits per heavy atom. The summed E-state index contributed by atoms with van der Waals surface area (Å²) in [6.07, 6.45) is 0. The number of hydrogen-bond acceptors (Lipinski definition) is 2. The molecule has 0 radical (unpaired) electrons. The van der Waals surface area contributed by atoms with Crippen LogP contribution in [-0.2, 0) is 0 Å². The minimum absolute atomic E-state index is 0.136. The van der Waals surface area contributed by atoms with E-state index >= 15 is 0 Å². The van der Waals surface area contributed by atoms with Gasteiger partial charge in [-0.15, -0.1) is 0 Å². The first kappa shape index (κ1) is 10.7. The van der Waals surface area contributed by atoms with Crippen LogP contribution in [0, 0.1) is 11.3 Å². The molecule has 0 saturated carbocycles. The van der Waals surface area contributed by atoms with Crippen molar-refractivity contribution in [3.8, 4) is 0 Å². The topological polar surface area (TPSA) is 100 Å². The summed E-state index contributed by atoms with van der Waals surface area (Å²) in [5, 5.41) is 9.30. The van der Waals surface area contributed by atoms with E-state index in [2.05, 4.69) is 24.2 Å². The first-order valence-electron chi connectivity index (χ1n) is 3.87. The predicted octanol–water partition coefficient (Wildman–Crippen LogP) is -0.171. The Bertz CT molecular complexity index is 184. The van der Waals surface area contributed by atoms with Gasteiger partial charge < -0.3 is 11.5 Å². The Morgan fingerprint density at radius 1 is 1.33 bits per heavy atom. The van der Waals surface area contributed by atoms with Crippen molar-refractivity contribution >= 4 is 11.9 Å². The maximum Gasteiger partial charge on any atom is 0.195 e. The Labute approximate surface area is 72.7 Å². The van der Waals surface area contributed by atoms with Gasteiger partial charge in [0.25, 0.3) is 0 Å². The molecular formula is C7H17N5. The monoisotopic (exact) mass is 171 g/mol. The van der Waals surface area contributed by atoms with E-state index in [1.807, 2.05) is 6.92 Å². The van der Waals surface area contributed by atoms with Gasteiger partial charge in [0.1, 0.15) is 0 Å². The summed E-state index contributed by atoms with van der Waals surface area (Å²) >= 11 is 0. The van der Waals surface area contributed by atoms with Gasteiger partial charge in [0.05, 0.1) is 6.04 Å². The van der Waals surface area contributed by atoms with Gasteiger partial charge >= 0.3 is 0 Å². The lowest BCUT2D eigenvalue weighted by Gasteiger charge is -2.11. The zero-order chi connectivity index (χ0) is 9.72. The molecule has 0 aromatic carbocycles. The molecule has 0 fully saturated rings. The lowest BCUT2D eigenvalue weighted by molar-refractivity contribution is 0.530. The molecule has 0 rings (SSSR count). The minimum Gasteiger partial charge on any atom is -0.370 e. The molecule has 0 amide bonds. The molecule has 0 aliphatic carbocycles. The van der Waals surface area contributed by atoms with Crippen molar-refractivity contribution in [2.24, 2.45) is 22.4 Å². The fourth-order valence-electron chi connectivity index (χ4n) is 0.539. The summed E-state index contributed by atoms with van der Waals surface area (Å²) in [5.74, 6) is 0.438. The standard InChI is InChI=1S/C7H17N5/c1-4(2)5(3)11-7(10)12-6(8)9/h4-5H,1-3H3,(H6,8,9,10,11,12). The zero-order valence-corrected chi connectivity index (χ0v) is 7.76. The van der Waals surface area contributed by atoms with Crippen LogP contribution in [-0.4, -0.2) is 18.0 Å². The lowest BCUT2D eigenvalue weighted by atomic mass is 10.1. The highest BCUT2D eigenvalue weighted by Crippen LogP contribution is 2.03. The molecule has 0 bridgehead atoms. The van der Waals surface area contributed by atoms with Gasteiger partial charge in [0.15, 0.2) is 11.9 Å². The number of aliphatic imine (C=N–C) groups is 1. The average molecular weight is 171 g/mol. The summed E-state index contributed by atoms with van der Waals surface area (Å²) in [4.78, 5) is 4.08. The van der Waals surface area contributed by atoms with Crippen LogP contribution in [0.15, 0.2) is 4.99 Å². The van der Waals surface area contributed by atoms with Crippen molar-refractivity contribution in [3.63, 3.8) is 0 Å². The maximum atomic E-state index is 6.88. The molecule has 70 valence electrons. The number of rotatable bonds is 2. The summed E-state index contributed by atoms with van der Waals surface area (Å²) < 4.78 is 0. The van der Waals surface area contributed by atoms with E-state index in [0.29, 0.717) is 5.92 Å². The second kappa shape index (κ2) is 4.58. The summed E-state index contributed by atoms with van der Waals surface area (Å²) in [5.41, 5.74) is 10.5. The Balaban J connectivity index is 4.06. The highest BCUT2D eigenvalue weighted by atomic mass is 15.2. The van der Waals surface area contributed by atoms with Crippen LogP contribution in [0.25, 0.3) is 0 Å². The third-order valence-corrected chi connectivity index (χ3v) is 1.57. The van der Waals surface area contributed by atoms with E-state index in [-0.39, 0.29) is 18.0 Å². The first-order chi connectivity index (χ1) is 5.43. The number of guanidine groups is 2. The van der Waals surface area contributed by atoms with Crippen LogP contribution in [0.4, 0.5) is 0 Å². The normalized spacial score (nSPS) is 14.5. The fourth-order valence-corrected chi connectivity index (χ4v) is 0.539. The van der Waals surface area contributed by atoms with Crippen LogP contribution in [0.2, 0.25) is 0 Å². The molecule has 0 heterocycles. The van der Waals surface area contributed by atoms with E-state index in [0.717, 1.165) is 0 Å². The lowest BCUT2D eigenvalue weighted by Crippen LogP contribution is -2.41. The largest absolute Gasteiger partial charge is 0.370 e. The average Bonchev–Trinajstić information content (AvgIpc) is 1.84. The Morgan fingerprint density at radius 2 is 1.83 bits per heavy atom. The molecule has 5 nitrogen and oxygen atoms in total. The van der Waals surface area contributed by atoms with Crippen molar-refractivity contribution < 1.29 is 0 Å². The van der Waals surface area contributed by atoms with Gasteiger partial charge in [-0.2, -0.15) is 0 Å². The number of hydrogen-bond donors (Lipinski definition) is 4. The molecule has 0 aliphatic heterocycles. The van der Waals surface area contributed by atoms with Crippen LogP contribution in [0.5, 0.6) is 0 Å². The van der Waals surface area contributed by atoms with Crippen molar-refractivity contribution in [2.45, 2.75) is 26.8 Å². The van der Waals surface area contributed by atoms with Crippen molar-refractivity contribution in [1.29, 1.82) is 5.41 Å². The van der Waals surface area contributed by atoms with Crippen LogP contribution in [0.1, 0.15) is 20.8 Å². The van der Waals surface area contributed by atoms with Crippen LogP contribution < -0.4 is 16.8 Å². The maximum absolute atomic E-state index is 6.88. The predicted molar refractivity (Wildman–Crippen MR) is 51.0 cm³/mol. The molecule has 0 aromatic heterocycles. The van der Waals surface area contributed by atoms with Gasteiger partial charge in [-0.05, 0) is 12.8 Å². The molecule has 12 heavy (non-hydrogen) atoms. The molecule has 0 aromatic rings. The molecule has 1 atom stereocenters. The number of nitrogens with zero attached hydrogens (tertiary/aromatic N) is 1. The van der Waals surface area contributed by atoms with Gasteiger partial charge in [-0.25, -0.2) is 4.99 Å². The van der Waals surface area contributed by atoms with E-state index in [4.69, 9.17) is 16.9 Å². The van der Waals surface area contributed by atoms with Crippen molar-refractivity contribution in [3.05, 3.63) is 0 Å². The smallest absolute Gasteiger partial charge is 0.195 e. The zero-order valence-electron chi connectivity index (χ0n) is 7.76. The minimum atomic E-state index is -0.188. The second-order valence-corrected chi connectivity index (χ2v) is 3.04. The summed E-state index contributed by atoms with van der Waals surface area (Å²) in [7, 11) is 0. The van der Waals surface area contributed by atoms with Crippen molar-refractivity contribution in [1.82, 2.24) is 5.32 Å². The van der Waals surface area contributed by atoms with Gasteiger partial charge in [-0.1, -0.05) is 13.8 Å². The molecule has 5 heteroatoms. The SMILES string of the molecule is CC(C)C(C)N=C(N)NC(=N)N. The van der Waals surface area contributed by atoms with Gasteiger partial charge in [0, 0.05) is 0 Å². The van der Waals surface area contributed by atoms with E-state index < -0.39 is 0 Å². The number of nitrogens with one attached hydrogen (secondary N) is 2. The highest BCUT2D eigenvalue weighted by Gasteiger charge is 2.05. The van der Waals surface area contributed by atoms with Crippen LogP contribution >= 0.6 is 0 Å². The molecule has 1 unspecified atom stereocenters. The third-order valence-electron chi connectivity index (χ3n) is 1.57. The van der Waals surface area contributed by atoms with Crippen molar-refractivity contribution in [2.75, 3.05) is 0 Å². The molecule has 0 spiro atoms. The fraction of sp³-hybridized carbons (Fsp3) is 0.714. The van der Waals surface area contributed by atoms with Gasteiger partial charge in [0.2, 0.25) is 0 Å². The third kappa shape index (κ3) is 4.54. The Kier molecular flexibility index (Phi) is 4.10. The molecule has 6 N–H and O–H groups in total. The van der Waals surface area contributed by atoms with E-state index in [1.54, 1.807) is 0 Å². The molecule has 0 aliphatic rings. The number of nitrogens with two attached hydrogens (primary N) is 2. The summed E-state index contributed by atoms with van der Waals surface area (Å²) in [6.45, 7) is 6.06. The molecule has 0 saturated heterocycles. The first-order valence-corrected chi connectivity index (χ1v) is 3.87. The van der Waals surface area contributed by atoms with E-state index in [9.17, 15) is 0 Å². The van der Waals surface area contributed by atoms with Crippen LogP contribution in [0.3, 0.4) is 0 Å². The quantitative estimate of drug-likeness (QED) is 0.343. The second-order valence-electron chi connectivity index (χ2n) is 3.04. The molecular weight excluding hydrogens is 154 g/mol. The summed E-state index contributed by atoms with van der Waals surface area (Å²) in [6, 6.07) is 0.136.